The predicted octanol–water partition coefficient (Wildman–Crippen LogP) is 3.54. The number of H-pyrrole nitrogens is 1. The molecule has 0 saturated heterocycles. The average molecular weight is 494 g/mol. The minimum Gasteiger partial charge on any atom is -0.461 e. The zero-order chi connectivity index (χ0) is 18.9. The van der Waals surface area contributed by atoms with E-state index in [1.54, 1.807) is 6.26 Å². The molecule has 0 amide bonds. The minimum absolute atomic E-state index is 0. The maximum atomic E-state index is 5.31. The van der Waals surface area contributed by atoms with Gasteiger partial charge in [0.2, 0.25) is 5.82 Å². The number of rotatable bonds is 8. The van der Waals surface area contributed by atoms with Crippen LogP contribution in [0.2, 0.25) is 0 Å². The molecule has 2 aromatic heterocycles. The van der Waals surface area contributed by atoms with Gasteiger partial charge in [0.25, 0.3) is 0 Å². The molecule has 7 nitrogen and oxygen atoms in total. The molecule has 8 heteroatoms. The van der Waals surface area contributed by atoms with Crippen molar-refractivity contribution in [2.24, 2.45) is 4.99 Å². The van der Waals surface area contributed by atoms with Crippen molar-refractivity contribution in [3.05, 3.63) is 59.6 Å². The molecule has 0 spiro atoms. The fourth-order valence-electron chi connectivity index (χ4n) is 2.79. The van der Waals surface area contributed by atoms with E-state index in [4.69, 9.17) is 9.41 Å². The van der Waals surface area contributed by atoms with Crippen molar-refractivity contribution in [2.45, 2.75) is 33.2 Å². The Morgan fingerprint density at radius 3 is 2.64 bits per heavy atom. The summed E-state index contributed by atoms with van der Waals surface area (Å²) in [7, 11) is 0. The van der Waals surface area contributed by atoms with Crippen molar-refractivity contribution in [3.63, 3.8) is 0 Å². The highest BCUT2D eigenvalue weighted by atomic mass is 127. The van der Waals surface area contributed by atoms with Crippen molar-refractivity contribution in [3.8, 4) is 11.6 Å². The summed E-state index contributed by atoms with van der Waals surface area (Å²) < 4.78 is 5.31. The second-order valence-electron chi connectivity index (χ2n) is 6.08. The lowest BCUT2D eigenvalue weighted by molar-refractivity contribution is 0.577. The Morgan fingerprint density at radius 2 is 1.93 bits per heavy atom. The first kappa shape index (κ1) is 21.9. The van der Waals surface area contributed by atoms with E-state index in [0.29, 0.717) is 31.1 Å². The molecular formula is C20H27IN6O. The van der Waals surface area contributed by atoms with E-state index in [0.717, 1.165) is 24.7 Å². The van der Waals surface area contributed by atoms with Gasteiger partial charge in [-0.3, -0.25) is 5.10 Å². The molecule has 3 N–H and O–H groups in total. The molecule has 0 atom stereocenters. The summed E-state index contributed by atoms with van der Waals surface area (Å²) in [6.45, 7) is 6.40. The van der Waals surface area contributed by atoms with Gasteiger partial charge in [-0.25, -0.2) is 9.98 Å². The number of nitrogens with one attached hydrogen (secondary N) is 3. The van der Waals surface area contributed by atoms with Crippen molar-refractivity contribution in [1.29, 1.82) is 0 Å². The SMILES string of the molecule is CCNC(=NCc1ccccc1CC)NCCc1nc(-c2ccco2)n[nH]1.I. The molecule has 0 aliphatic carbocycles. The number of aliphatic imine (C=N–C) groups is 1. The summed E-state index contributed by atoms with van der Waals surface area (Å²) in [5.41, 5.74) is 2.60. The average Bonchev–Trinajstić information content (AvgIpc) is 3.38. The molecule has 0 fully saturated rings. The van der Waals surface area contributed by atoms with Gasteiger partial charge in [-0.15, -0.1) is 24.0 Å². The molecular weight excluding hydrogens is 467 g/mol. The first-order chi connectivity index (χ1) is 13.3. The van der Waals surface area contributed by atoms with E-state index >= 15 is 0 Å². The van der Waals surface area contributed by atoms with Crippen molar-refractivity contribution >= 4 is 29.9 Å². The van der Waals surface area contributed by atoms with Gasteiger partial charge in [0.15, 0.2) is 11.7 Å². The summed E-state index contributed by atoms with van der Waals surface area (Å²) in [6, 6.07) is 12.1. The van der Waals surface area contributed by atoms with E-state index in [1.807, 2.05) is 12.1 Å². The Balaban J connectivity index is 0.00000280. The minimum atomic E-state index is 0. The normalized spacial score (nSPS) is 11.1. The number of guanidine groups is 1. The fourth-order valence-corrected chi connectivity index (χ4v) is 2.79. The summed E-state index contributed by atoms with van der Waals surface area (Å²) in [5.74, 6) is 2.84. The second kappa shape index (κ2) is 11.5. The standard InChI is InChI=1S/C20H26N6O.HI/c1-3-15-8-5-6-9-16(15)14-23-20(21-4-2)22-12-11-18-24-19(26-25-18)17-10-7-13-27-17;/h5-10,13H,3-4,11-12,14H2,1-2H3,(H2,21,22,23)(H,24,25,26);1H. The maximum absolute atomic E-state index is 5.31. The molecule has 150 valence electrons. The third kappa shape index (κ3) is 6.08. The molecule has 0 aliphatic heterocycles. The Hall–Kier alpha value is -2.36. The molecule has 2 heterocycles. The quantitative estimate of drug-likeness (QED) is 0.253. The summed E-state index contributed by atoms with van der Waals surface area (Å²) in [5, 5.41) is 13.8. The van der Waals surface area contributed by atoms with Crippen LogP contribution in [0, 0.1) is 0 Å². The number of benzene rings is 1. The van der Waals surface area contributed by atoms with Crippen LogP contribution in [-0.2, 0) is 19.4 Å². The highest BCUT2D eigenvalue weighted by Crippen LogP contribution is 2.14. The van der Waals surface area contributed by atoms with Crippen LogP contribution >= 0.6 is 24.0 Å². The lowest BCUT2D eigenvalue weighted by atomic mass is 10.1. The zero-order valence-corrected chi connectivity index (χ0v) is 18.6. The first-order valence-electron chi connectivity index (χ1n) is 9.34. The van der Waals surface area contributed by atoms with Crippen molar-refractivity contribution < 1.29 is 4.42 Å². The largest absolute Gasteiger partial charge is 0.461 e. The van der Waals surface area contributed by atoms with Gasteiger partial charge in [-0.2, -0.15) is 5.10 Å². The van der Waals surface area contributed by atoms with Gasteiger partial charge in [0.1, 0.15) is 5.82 Å². The van der Waals surface area contributed by atoms with Crippen LogP contribution in [0.25, 0.3) is 11.6 Å². The molecule has 0 unspecified atom stereocenters. The number of hydrogen-bond donors (Lipinski definition) is 3. The number of aromatic nitrogens is 3. The van der Waals surface area contributed by atoms with Crippen molar-refractivity contribution in [2.75, 3.05) is 13.1 Å². The molecule has 28 heavy (non-hydrogen) atoms. The van der Waals surface area contributed by atoms with E-state index in [-0.39, 0.29) is 24.0 Å². The zero-order valence-electron chi connectivity index (χ0n) is 16.2. The lowest BCUT2D eigenvalue weighted by Gasteiger charge is -2.11. The number of nitrogens with zero attached hydrogens (tertiary/aromatic N) is 3. The van der Waals surface area contributed by atoms with Crippen molar-refractivity contribution in [1.82, 2.24) is 25.8 Å². The number of aromatic amines is 1. The molecule has 0 saturated carbocycles. The summed E-state index contributed by atoms with van der Waals surface area (Å²) in [6.07, 6.45) is 3.34. The topological polar surface area (TPSA) is 91.1 Å². The van der Waals surface area contributed by atoms with E-state index in [2.05, 4.69) is 63.9 Å². The van der Waals surface area contributed by atoms with Crippen LogP contribution in [0.3, 0.4) is 0 Å². The molecule has 0 aliphatic rings. The highest BCUT2D eigenvalue weighted by Gasteiger charge is 2.08. The Labute approximate surface area is 182 Å². The van der Waals surface area contributed by atoms with Gasteiger partial charge in [0, 0.05) is 19.5 Å². The smallest absolute Gasteiger partial charge is 0.216 e. The third-order valence-electron chi connectivity index (χ3n) is 4.18. The number of aryl methyl sites for hydroxylation is 1. The molecule has 0 radical (unpaired) electrons. The Kier molecular flexibility index (Phi) is 8.99. The first-order valence-corrected chi connectivity index (χ1v) is 9.34. The van der Waals surface area contributed by atoms with E-state index < -0.39 is 0 Å². The van der Waals surface area contributed by atoms with Crippen LogP contribution < -0.4 is 10.6 Å². The summed E-state index contributed by atoms with van der Waals surface area (Å²) >= 11 is 0. The monoisotopic (exact) mass is 494 g/mol. The van der Waals surface area contributed by atoms with Gasteiger partial charge in [0.05, 0.1) is 12.8 Å². The van der Waals surface area contributed by atoms with Gasteiger partial charge in [-0.05, 0) is 36.6 Å². The van der Waals surface area contributed by atoms with E-state index in [1.165, 1.54) is 11.1 Å². The lowest BCUT2D eigenvalue weighted by Crippen LogP contribution is -2.38. The highest BCUT2D eigenvalue weighted by molar-refractivity contribution is 14.0. The van der Waals surface area contributed by atoms with Crippen LogP contribution in [0.5, 0.6) is 0 Å². The van der Waals surface area contributed by atoms with Gasteiger partial charge < -0.3 is 15.1 Å². The number of furan rings is 1. The maximum Gasteiger partial charge on any atom is 0.216 e. The number of hydrogen-bond acceptors (Lipinski definition) is 4. The molecule has 0 bridgehead atoms. The third-order valence-corrected chi connectivity index (χ3v) is 4.18. The van der Waals surface area contributed by atoms with Gasteiger partial charge in [-0.1, -0.05) is 31.2 Å². The van der Waals surface area contributed by atoms with Crippen LogP contribution in [0.4, 0.5) is 0 Å². The van der Waals surface area contributed by atoms with Crippen LogP contribution in [0.1, 0.15) is 30.8 Å². The summed E-state index contributed by atoms with van der Waals surface area (Å²) in [4.78, 5) is 9.15. The van der Waals surface area contributed by atoms with Crippen LogP contribution in [0.15, 0.2) is 52.1 Å². The van der Waals surface area contributed by atoms with Crippen LogP contribution in [-0.4, -0.2) is 34.2 Å². The molecule has 3 rings (SSSR count). The van der Waals surface area contributed by atoms with Gasteiger partial charge >= 0.3 is 0 Å². The number of halogens is 1. The Morgan fingerprint density at radius 1 is 1.11 bits per heavy atom. The fraction of sp³-hybridized carbons (Fsp3) is 0.350. The molecule has 1 aromatic carbocycles. The predicted molar refractivity (Wildman–Crippen MR) is 122 cm³/mol. The Bertz CT molecular complexity index is 859. The van der Waals surface area contributed by atoms with E-state index in [9.17, 15) is 0 Å². The second-order valence-corrected chi connectivity index (χ2v) is 6.08. The molecule has 3 aromatic rings.